The van der Waals surface area contributed by atoms with Crippen molar-refractivity contribution in [3.05, 3.63) is 30.3 Å². The number of aromatic amines is 1. The maximum Gasteiger partial charge on any atom is 0.310 e. The van der Waals surface area contributed by atoms with Crippen molar-refractivity contribution >= 4 is 23.5 Å². The van der Waals surface area contributed by atoms with Gasteiger partial charge in [0.15, 0.2) is 17.2 Å². The van der Waals surface area contributed by atoms with Gasteiger partial charge in [0, 0.05) is 12.0 Å². The molecule has 6 nitrogen and oxygen atoms in total. The summed E-state index contributed by atoms with van der Waals surface area (Å²) in [7, 11) is 0. The number of carbonyl (C=O) groups excluding carboxylic acids is 2. The Morgan fingerprint density at radius 1 is 1.38 bits per heavy atom. The van der Waals surface area contributed by atoms with Gasteiger partial charge < -0.3 is 4.74 Å². The number of unbranched alkanes of at least 4 members (excludes halogenated alkanes) is 1. The first kappa shape index (κ1) is 18.6. The van der Waals surface area contributed by atoms with Gasteiger partial charge in [0.05, 0.1) is 11.7 Å². The summed E-state index contributed by atoms with van der Waals surface area (Å²) in [5.41, 5.74) is -0.0882. The molecule has 1 N–H and O–H groups in total. The fourth-order valence-corrected chi connectivity index (χ4v) is 3.89. The van der Waals surface area contributed by atoms with E-state index in [2.05, 4.69) is 22.1 Å². The van der Waals surface area contributed by atoms with Gasteiger partial charge in [-0.3, -0.25) is 14.7 Å². The van der Waals surface area contributed by atoms with Gasteiger partial charge in [-0.05, 0) is 13.3 Å². The first-order chi connectivity index (χ1) is 12.5. The van der Waals surface area contributed by atoms with E-state index in [-0.39, 0.29) is 23.4 Å². The van der Waals surface area contributed by atoms with Crippen LogP contribution in [0.5, 0.6) is 0 Å². The number of aromatic nitrogens is 3. The largest absolute Gasteiger partial charge is 0.451 e. The van der Waals surface area contributed by atoms with Crippen molar-refractivity contribution in [1.29, 1.82) is 0 Å². The molecule has 138 valence electrons. The summed E-state index contributed by atoms with van der Waals surface area (Å²) < 4.78 is 5.43. The van der Waals surface area contributed by atoms with Crippen molar-refractivity contribution in [2.75, 3.05) is 5.75 Å². The number of rotatable bonds is 8. The number of Topliss-reactive ketones (excluding diaryl/α,β-unsaturated/α-hetero) is 1. The Morgan fingerprint density at radius 2 is 2.15 bits per heavy atom. The van der Waals surface area contributed by atoms with Crippen LogP contribution in [0.4, 0.5) is 0 Å². The maximum absolute atomic E-state index is 12.6. The number of ether oxygens (including phenoxy) is 1. The topological polar surface area (TPSA) is 84.9 Å². The molecule has 0 unspecified atom stereocenters. The van der Waals surface area contributed by atoms with Gasteiger partial charge in [-0.25, -0.2) is 4.98 Å². The van der Waals surface area contributed by atoms with E-state index < -0.39 is 5.60 Å². The van der Waals surface area contributed by atoms with E-state index in [0.717, 1.165) is 24.8 Å². The minimum atomic E-state index is -1.03. The van der Waals surface area contributed by atoms with Gasteiger partial charge in [0.25, 0.3) is 0 Å². The van der Waals surface area contributed by atoms with Gasteiger partial charge >= 0.3 is 5.97 Å². The summed E-state index contributed by atoms with van der Waals surface area (Å²) in [5.74, 6) is 0.335. The summed E-state index contributed by atoms with van der Waals surface area (Å²) in [5, 5.41) is 7.54. The number of nitrogens with one attached hydrogen (secondary N) is 1. The molecule has 0 aliphatic carbocycles. The van der Waals surface area contributed by atoms with E-state index in [0.29, 0.717) is 17.4 Å². The van der Waals surface area contributed by atoms with Crippen molar-refractivity contribution in [2.24, 2.45) is 5.92 Å². The summed E-state index contributed by atoms with van der Waals surface area (Å²) >= 11 is 1.26. The van der Waals surface area contributed by atoms with Gasteiger partial charge in [0.2, 0.25) is 5.16 Å². The Morgan fingerprint density at radius 3 is 2.88 bits per heavy atom. The molecular weight excluding hydrogens is 350 g/mol. The number of cyclic esters (lactones) is 1. The number of esters is 1. The van der Waals surface area contributed by atoms with Crippen LogP contribution in [0.3, 0.4) is 0 Å². The number of benzene rings is 1. The minimum absolute atomic E-state index is 0.0964. The average molecular weight is 373 g/mol. The average Bonchev–Trinajstić information content (AvgIpc) is 3.23. The van der Waals surface area contributed by atoms with Crippen LogP contribution in [-0.2, 0) is 14.3 Å². The minimum Gasteiger partial charge on any atom is -0.451 e. The number of H-pyrrole nitrogens is 1. The molecule has 1 aliphatic rings. The van der Waals surface area contributed by atoms with Crippen LogP contribution < -0.4 is 0 Å². The van der Waals surface area contributed by atoms with Gasteiger partial charge in [-0.2, -0.15) is 0 Å². The Kier molecular flexibility index (Phi) is 5.76. The zero-order valence-corrected chi connectivity index (χ0v) is 15.8. The van der Waals surface area contributed by atoms with Crippen LogP contribution in [0.1, 0.15) is 39.5 Å². The highest BCUT2D eigenvalue weighted by Crippen LogP contribution is 2.35. The van der Waals surface area contributed by atoms with Crippen molar-refractivity contribution in [1.82, 2.24) is 15.2 Å². The molecule has 26 heavy (non-hydrogen) atoms. The molecule has 0 amide bonds. The van der Waals surface area contributed by atoms with Crippen molar-refractivity contribution < 1.29 is 14.3 Å². The molecule has 1 fully saturated rings. The van der Waals surface area contributed by atoms with Gasteiger partial charge in [-0.15, -0.1) is 5.10 Å². The SMILES string of the molecule is CCCC[C@H]1C[C@](C)(C(=O)CSc2n[nH]c(-c3ccccc3)n2)OC1=O. The lowest BCUT2D eigenvalue weighted by atomic mass is 9.90. The quantitative estimate of drug-likeness (QED) is 0.562. The van der Waals surface area contributed by atoms with E-state index in [9.17, 15) is 9.59 Å². The molecule has 2 heterocycles. The van der Waals surface area contributed by atoms with Crippen LogP contribution in [0, 0.1) is 5.92 Å². The molecular formula is C19H23N3O3S. The number of hydrogen-bond acceptors (Lipinski definition) is 6. The number of thioether (sulfide) groups is 1. The predicted molar refractivity (Wildman–Crippen MR) is 99.7 cm³/mol. The lowest BCUT2D eigenvalue weighted by Crippen LogP contribution is -2.36. The Labute approximate surface area is 157 Å². The van der Waals surface area contributed by atoms with Crippen molar-refractivity contribution in [3.8, 4) is 11.4 Å². The standard InChI is InChI=1S/C19H23N3O3S/c1-3-4-8-14-11-19(2,25-17(14)24)15(23)12-26-18-20-16(21-22-18)13-9-6-5-7-10-13/h5-7,9-10,14H,3-4,8,11-12H2,1-2H3,(H,20,21,22)/t14-,19+/m0/s1. The number of hydrogen-bond donors (Lipinski definition) is 1. The predicted octanol–water partition coefficient (Wildman–Crippen LogP) is 3.64. The van der Waals surface area contributed by atoms with E-state index >= 15 is 0 Å². The number of carbonyl (C=O) groups is 2. The molecule has 1 aliphatic heterocycles. The van der Waals surface area contributed by atoms with E-state index in [1.807, 2.05) is 30.3 Å². The molecule has 3 rings (SSSR count). The summed E-state index contributed by atoms with van der Waals surface area (Å²) in [6.45, 7) is 3.80. The molecule has 0 bridgehead atoms. The molecule has 7 heteroatoms. The fourth-order valence-electron chi connectivity index (χ4n) is 3.06. The van der Waals surface area contributed by atoms with Crippen LogP contribution in [0.2, 0.25) is 0 Å². The second-order valence-corrected chi connectivity index (χ2v) is 7.68. The summed E-state index contributed by atoms with van der Waals surface area (Å²) in [6.07, 6.45) is 3.25. The first-order valence-corrected chi connectivity index (χ1v) is 9.87. The maximum atomic E-state index is 12.6. The van der Waals surface area contributed by atoms with Crippen LogP contribution in [-0.4, -0.2) is 38.3 Å². The monoisotopic (exact) mass is 373 g/mol. The molecule has 2 aromatic rings. The van der Waals surface area contributed by atoms with E-state index in [1.165, 1.54) is 11.8 Å². The normalized spacial score (nSPS) is 22.4. The molecule has 1 saturated heterocycles. The highest BCUT2D eigenvalue weighted by Gasteiger charge is 2.47. The van der Waals surface area contributed by atoms with Crippen LogP contribution in [0.15, 0.2) is 35.5 Å². The fraction of sp³-hybridized carbons (Fsp3) is 0.474. The van der Waals surface area contributed by atoms with Crippen LogP contribution >= 0.6 is 11.8 Å². The smallest absolute Gasteiger partial charge is 0.310 e. The van der Waals surface area contributed by atoms with Crippen molar-refractivity contribution in [3.63, 3.8) is 0 Å². The van der Waals surface area contributed by atoms with Crippen LogP contribution in [0.25, 0.3) is 11.4 Å². The Hall–Kier alpha value is -2.15. The third kappa shape index (κ3) is 4.15. The number of ketones is 1. The molecule has 0 spiro atoms. The summed E-state index contributed by atoms with van der Waals surface area (Å²) in [4.78, 5) is 29.1. The highest BCUT2D eigenvalue weighted by atomic mass is 32.2. The third-order valence-corrected chi connectivity index (χ3v) is 5.48. The summed E-state index contributed by atoms with van der Waals surface area (Å²) in [6, 6.07) is 9.67. The Balaban J connectivity index is 1.57. The first-order valence-electron chi connectivity index (χ1n) is 8.88. The second kappa shape index (κ2) is 8.03. The third-order valence-electron chi connectivity index (χ3n) is 4.64. The van der Waals surface area contributed by atoms with E-state index in [4.69, 9.17) is 4.74 Å². The van der Waals surface area contributed by atoms with Crippen molar-refractivity contribution in [2.45, 2.75) is 50.3 Å². The molecule has 1 aromatic carbocycles. The lowest BCUT2D eigenvalue weighted by molar-refractivity contribution is -0.156. The Bertz CT molecular complexity index is 777. The van der Waals surface area contributed by atoms with Gasteiger partial charge in [0.1, 0.15) is 0 Å². The second-order valence-electron chi connectivity index (χ2n) is 6.74. The number of nitrogens with zero attached hydrogens (tertiary/aromatic N) is 2. The zero-order valence-electron chi connectivity index (χ0n) is 15.0. The highest BCUT2D eigenvalue weighted by molar-refractivity contribution is 7.99. The van der Waals surface area contributed by atoms with Gasteiger partial charge in [-0.1, -0.05) is 61.9 Å². The molecule has 0 radical (unpaired) electrons. The molecule has 1 aromatic heterocycles. The molecule has 0 saturated carbocycles. The lowest BCUT2D eigenvalue weighted by Gasteiger charge is -2.20. The molecule has 2 atom stereocenters. The zero-order chi connectivity index (χ0) is 18.6. The van der Waals surface area contributed by atoms with E-state index in [1.54, 1.807) is 6.92 Å².